The molecule has 0 saturated heterocycles. The van der Waals surface area contributed by atoms with Gasteiger partial charge in [-0.15, -0.1) is 13.2 Å². The standard InChI is InChI=1S/C22H26Si/c1-3-5-11-17-23(18-12-6-4-2)21-15-9-7-13-19(21)20-14-8-10-16-22(20)23/h3-4,7-10,13-16H,1-2,5-6,11-12,17-18H2. The maximum absolute atomic E-state index is 3.91. The van der Waals surface area contributed by atoms with Crippen LogP contribution in [0.5, 0.6) is 0 Å². The van der Waals surface area contributed by atoms with Crippen molar-refractivity contribution in [2.75, 3.05) is 0 Å². The Kier molecular flexibility index (Phi) is 4.97. The molecule has 1 heterocycles. The summed E-state index contributed by atoms with van der Waals surface area (Å²) in [7, 11) is -1.64. The fraction of sp³-hybridized carbons (Fsp3) is 0.273. The lowest BCUT2D eigenvalue weighted by Gasteiger charge is -2.30. The summed E-state index contributed by atoms with van der Waals surface area (Å²) in [4.78, 5) is 0. The van der Waals surface area contributed by atoms with Gasteiger partial charge in [-0.2, -0.15) is 0 Å². The molecule has 0 N–H and O–H groups in total. The summed E-state index contributed by atoms with van der Waals surface area (Å²) >= 11 is 0. The molecule has 2 aromatic rings. The highest BCUT2D eigenvalue weighted by atomic mass is 28.3. The third-order valence-electron chi connectivity index (χ3n) is 5.20. The van der Waals surface area contributed by atoms with E-state index in [0.717, 1.165) is 12.8 Å². The monoisotopic (exact) mass is 318 g/mol. The number of unbranched alkanes of at least 4 members (excludes halogenated alkanes) is 2. The minimum atomic E-state index is -1.64. The van der Waals surface area contributed by atoms with E-state index in [1.54, 1.807) is 10.4 Å². The molecule has 0 nitrogen and oxygen atoms in total. The first-order valence-corrected chi connectivity index (χ1v) is 11.2. The predicted molar refractivity (Wildman–Crippen MR) is 105 cm³/mol. The van der Waals surface area contributed by atoms with Gasteiger partial charge in [-0.05, 0) is 46.4 Å². The minimum absolute atomic E-state index is 1.13. The van der Waals surface area contributed by atoms with E-state index in [2.05, 4.69) is 73.8 Å². The third kappa shape index (κ3) is 2.86. The molecule has 0 radical (unpaired) electrons. The fourth-order valence-corrected chi connectivity index (χ4v) is 9.71. The highest BCUT2D eigenvalue weighted by Gasteiger charge is 2.43. The second-order valence-electron chi connectivity index (χ2n) is 6.54. The number of fused-ring (bicyclic) bond motifs is 3. The second kappa shape index (κ2) is 7.14. The van der Waals surface area contributed by atoms with Gasteiger partial charge in [0, 0.05) is 0 Å². The molecule has 0 fully saturated rings. The van der Waals surface area contributed by atoms with Gasteiger partial charge < -0.3 is 0 Å². The molecule has 0 saturated carbocycles. The molecule has 0 spiro atoms. The van der Waals surface area contributed by atoms with Crippen LogP contribution in [0.4, 0.5) is 0 Å². The van der Waals surface area contributed by atoms with Crippen molar-refractivity contribution in [2.24, 2.45) is 0 Å². The molecule has 1 aliphatic heterocycles. The SMILES string of the molecule is C=CCCC[Si]1(CCCC=C)c2ccccc2-c2ccccc21. The first kappa shape index (κ1) is 16.0. The van der Waals surface area contributed by atoms with Crippen molar-refractivity contribution < 1.29 is 0 Å². The molecule has 2 aromatic carbocycles. The van der Waals surface area contributed by atoms with E-state index < -0.39 is 8.07 Å². The second-order valence-corrected chi connectivity index (χ2v) is 10.8. The summed E-state index contributed by atoms with van der Waals surface area (Å²) < 4.78 is 0. The molecule has 118 valence electrons. The normalized spacial score (nSPS) is 14.1. The Morgan fingerprint density at radius 3 is 1.57 bits per heavy atom. The summed E-state index contributed by atoms with van der Waals surface area (Å²) in [5.74, 6) is 0. The zero-order valence-corrected chi connectivity index (χ0v) is 14.9. The van der Waals surface area contributed by atoms with Crippen LogP contribution >= 0.6 is 0 Å². The van der Waals surface area contributed by atoms with Gasteiger partial charge in [0.25, 0.3) is 0 Å². The molecule has 3 rings (SSSR count). The van der Waals surface area contributed by atoms with Crippen molar-refractivity contribution in [3.8, 4) is 11.1 Å². The molecular formula is C22H26Si. The molecule has 0 aliphatic carbocycles. The van der Waals surface area contributed by atoms with E-state index in [-0.39, 0.29) is 0 Å². The number of benzene rings is 2. The molecule has 0 bridgehead atoms. The first-order valence-electron chi connectivity index (χ1n) is 8.74. The van der Waals surface area contributed by atoms with Crippen LogP contribution < -0.4 is 10.4 Å². The maximum Gasteiger partial charge on any atom is 0.119 e. The smallest absolute Gasteiger partial charge is 0.103 e. The lowest BCUT2D eigenvalue weighted by Crippen LogP contribution is -2.54. The summed E-state index contributed by atoms with van der Waals surface area (Å²) in [5, 5.41) is 3.32. The molecule has 0 unspecified atom stereocenters. The van der Waals surface area contributed by atoms with Crippen molar-refractivity contribution in [1.29, 1.82) is 0 Å². The highest BCUT2D eigenvalue weighted by Crippen LogP contribution is 2.34. The molecule has 0 atom stereocenters. The molecule has 1 aliphatic rings. The summed E-state index contributed by atoms with van der Waals surface area (Å²) in [5.41, 5.74) is 2.99. The Morgan fingerprint density at radius 1 is 0.696 bits per heavy atom. The fourth-order valence-electron chi connectivity index (χ4n) is 4.18. The molecule has 23 heavy (non-hydrogen) atoms. The van der Waals surface area contributed by atoms with Crippen LogP contribution in [0.3, 0.4) is 0 Å². The van der Waals surface area contributed by atoms with Crippen molar-refractivity contribution in [1.82, 2.24) is 0 Å². The largest absolute Gasteiger partial charge is 0.119 e. The Balaban J connectivity index is 2.08. The average molecular weight is 319 g/mol. The molecule has 0 aromatic heterocycles. The highest BCUT2D eigenvalue weighted by molar-refractivity contribution is 7.05. The van der Waals surface area contributed by atoms with E-state index in [4.69, 9.17) is 0 Å². The number of hydrogen-bond acceptors (Lipinski definition) is 0. The van der Waals surface area contributed by atoms with Gasteiger partial charge in [-0.25, -0.2) is 0 Å². The van der Waals surface area contributed by atoms with Crippen LogP contribution in [-0.2, 0) is 0 Å². The molecule has 0 amide bonds. The summed E-state index contributed by atoms with van der Waals surface area (Å²) in [6.07, 6.45) is 8.90. The summed E-state index contributed by atoms with van der Waals surface area (Å²) in [6.45, 7) is 7.83. The molecule has 1 heteroatoms. The third-order valence-corrected chi connectivity index (χ3v) is 10.5. The van der Waals surface area contributed by atoms with Crippen LogP contribution in [0.2, 0.25) is 12.1 Å². The Morgan fingerprint density at radius 2 is 1.13 bits per heavy atom. The predicted octanol–water partition coefficient (Wildman–Crippen LogP) is 5.16. The van der Waals surface area contributed by atoms with Crippen molar-refractivity contribution in [3.63, 3.8) is 0 Å². The molecular weight excluding hydrogens is 292 g/mol. The Bertz CT molecular complexity index is 637. The minimum Gasteiger partial charge on any atom is -0.103 e. The van der Waals surface area contributed by atoms with Crippen molar-refractivity contribution >= 4 is 18.4 Å². The van der Waals surface area contributed by atoms with Crippen LogP contribution in [-0.4, -0.2) is 8.07 Å². The van der Waals surface area contributed by atoms with Gasteiger partial charge in [0.2, 0.25) is 0 Å². The van der Waals surface area contributed by atoms with Gasteiger partial charge in [0.05, 0.1) is 0 Å². The zero-order valence-electron chi connectivity index (χ0n) is 13.9. The van der Waals surface area contributed by atoms with Gasteiger partial charge in [0.1, 0.15) is 8.07 Å². The average Bonchev–Trinajstić information content (AvgIpc) is 2.87. The summed E-state index contributed by atoms with van der Waals surface area (Å²) in [6, 6.07) is 21.0. The van der Waals surface area contributed by atoms with E-state index in [1.165, 1.54) is 36.1 Å². The Hall–Kier alpha value is -1.86. The number of hydrogen-bond donors (Lipinski definition) is 0. The van der Waals surface area contributed by atoms with E-state index in [0.29, 0.717) is 0 Å². The van der Waals surface area contributed by atoms with Crippen LogP contribution in [0.15, 0.2) is 73.8 Å². The van der Waals surface area contributed by atoms with Gasteiger partial charge in [-0.1, -0.05) is 73.5 Å². The van der Waals surface area contributed by atoms with E-state index >= 15 is 0 Å². The maximum atomic E-state index is 3.91. The number of rotatable bonds is 8. The lowest BCUT2D eigenvalue weighted by atomic mass is 10.1. The Labute approximate surface area is 141 Å². The first-order chi connectivity index (χ1) is 11.3. The van der Waals surface area contributed by atoms with Crippen molar-refractivity contribution in [3.05, 3.63) is 73.8 Å². The topological polar surface area (TPSA) is 0 Å². The van der Waals surface area contributed by atoms with Crippen LogP contribution in [0.25, 0.3) is 11.1 Å². The number of allylic oxidation sites excluding steroid dienone is 2. The van der Waals surface area contributed by atoms with Gasteiger partial charge >= 0.3 is 0 Å². The van der Waals surface area contributed by atoms with E-state index in [9.17, 15) is 0 Å². The van der Waals surface area contributed by atoms with Crippen molar-refractivity contribution in [2.45, 2.75) is 37.8 Å². The van der Waals surface area contributed by atoms with Gasteiger partial charge in [0.15, 0.2) is 0 Å². The quantitative estimate of drug-likeness (QED) is 0.358. The zero-order chi connectivity index (χ0) is 16.1. The van der Waals surface area contributed by atoms with E-state index in [1.807, 2.05) is 0 Å². The lowest BCUT2D eigenvalue weighted by molar-refractivity contribution is 0.899. The van der Waals surface area contributed by atoms with Crippen LogP contribution in [0.1, 0.15) is 25.7 Å². The van der Waals surface area contributed by atoms with Crippen LogP contribution in [0, 0.1) is 0 Å². The van der Waals surface area contributed by atoms with Gasteiger partial charge in [-0.3, -0.25) is 0 Å².